The topological polar surface area (TPSA) is 81.2 Å². The first kappa shape index (κ1) is 18.2. The fraction of sp³-hybridized carbons (Fsp3) is 0.190. The minimum Gasteiger partial charge on any atom is -0.492 e. The fourth-order valence-corrected chi connectivity index (χ4v) is 2.58. The largest absolute Gasteiger partial charge is 0.492 e. The van der Waals surface area contributed by atoms with Crippen LogP contribution >= 0.6 is 0 Å². The van der Waals surface area contributed by atoms with Gasteiger partial charge in [0.25, 0.3) is 5.89 Å². The molecule has 0 radical (unpaired) electrons. The van der Waals surface area contributed by atoms with Crippen LogP contribution in [0.25, 0.3) is 23.0 Å². The average molecular weight is 361 g/mol. The zero-order valence-corrected chi connectivity index (χ0v) is 15.4. The van der Waals surface area contributed by atoms with Crippen LogP contribution in [0.2, 0.25) is 0 Å². The molecule has 0 saturated heterocycles. The molecule has 0 aliphatic heterocycles. The summed E-state index contributed by atoms with van der Waals surface area (Å²) in [7, 11) is 1.56. The van der Waals surface area contributed by atoms with Gasteiger partial charge in [-0.2, -0.15) is 10.2 Å². The molecule has 3 aromatic rings. The van der Waals surface area contributed by atoms with Gasteiger partial charge in [-0.25, -0.2) is 0 Å². The van der Waals surface area contributed by atoms with Crippen molar-refractivity contribution in [1.82, 2.24) is 10.1 Å². The third kappa shape index (κ3) is 3.98. The molecule has 2 aromatic carbocycles. The number of hydrogen-bond acceptors (Lipinski definition) is 6. The number of allylic oxidation sites excluding steroid dienone is 1. The molecule has 0 aliphatic carbocycles. The number of methoxy groups -OCH3 is 1. The number of ether oxygens (including phenoxy) is 2. The fourth-order valence-electron chi connectivity index (χ4n) is 2.58. The Balaban J connectivity index is 1.98. The Morgan fingerprint density at radius 2 is 2.00 bits per heavy atom. The van der Waals surface area contributed by atoms with Crippen molar-refractivity contribution in [3.8, 4) is 29.0 Å². The predicted molar refractivity (Wildman–Crippen MR) is 102 cm³/mol. The summed E-state index contributed by atoms with van der Waals surface area (Å²) in [5, 5.41) is 13.6. The van der Waals surface area contributed by atoms with Crippen LogP contribution in [0, 0.1) is 18.3 Å². The molecule has 1 heterocycles. The van der Waals surface area contributed by atoms with E-state index in [1.54, 1.807) is 13.2 Å². The summed E-state index contributed by atoms with van der Waals surface area (Å²) in [4.78, 5) is 4.35. The van der Waals surface area contributed by atoms with Crippen LogP contribution in [-0.4, -0.2) is 23.9 Å². The maximum absolute atomic E-state index is 9.58. The lowest BCUT2D eigenvalue weighted by Gasteiger charge is -2.11. The minimum atomic E-state index is 0.150. The Morgan fingerprint density at radius 1 is 1.22 bits per heavy atom. The highest BCUT2D eigenvalue weighted by atomic mass is 16.5. The van der Waals surface area contributed by atoms with E-state index in [0.29, 0.717) is 29.5 Å². The SMILES string of the molecule is CCOc1cccc(/C=C(\C#N)c2nc(-c3ccc(C)cc3)no2)c1OC. The van der Waals surface area contributed by atoms with Gasteiger partial charge in [-0.15, -0.1) is 0 Å². The van der Waals surface area contributed by atoms with Crippen molar-refractivity contribution < 1.29 is 14.0 Å². The van der Waals surface area contributed by atoms with Crippen LogP contribution in [0.3, 0.4) is 0 Å². The highest BCUT2D eigenvalue weighted by Crippen LogP contribution is 2.33. The molecule has 0 atom stereocenters. The van der Waals surface area contributed by atoms with Gasteiger partial charge >= 0.3 is 0 Å². The minimum absolute atomic E-state index is 0.150. The quantitative estimate of drug-likeness (QED) is 0.601. The third-order valence-electron chi connectivity index (χ3n) is 3.90. The van der Waals surface area contributed by atoms with E-state index >= 15 is 0 Å². The van der Waals surface area contributed by atoms with E-state index in [0.717, 1.165) is 11.1 Å². The summed E-state index contributed by atoms with van der Waals surface area (Å²) in [6, 6.07) is 15.3. The number of nitriles is 1. The monoisotopic (exact) mass is 361 g/mol. The summed E-state index contributed by atoms with van der Waals surface area (Å²) in [5.41, 5.74) is 2.90. The van der Waals surface area contributed by atoms with Gasteiger partial charge in [-0.1, -0.05) is 47.1 Å². The molecule has 0 spiro atoms. The molecule has 0 unspecified atom stereocenters. The van der Waals surface area contributed by atoms with E-state index in [1.807, 2.05) is 56.3 Å². The first-order valence-corrected chi connectivity index (χ1v) is 8.49. The summed E-state index contributed by atoms with van der Waals surface area (Å²) >= 11 is 0. The van der Waals surface area contributed by atoms with Crippen molar-refractivity contribution in [2.45, 2.75) is 13.8 Å². The zero-order valence-electron chi connectivity index (χ0n) is 15.4. The van der Waals surface area contributed by atoms with E-state index in [9.17, 15) is 5.26 Å². The number of aromatic nitrogens is 2. The summed E-state index contributed by atoms with van der Waals surface area (Å²) in [5.74, 6) is 1.74. The first-order valence-electron chi connectivity index (χ1n) is 8.49. The second-order valence-electron chi connectivity index (χ2n) is 5.77. The van der Waals surface area contributed by atoms with E-state index in [-0.39, 0.29) is 11.5 Å². The van der Waals surface area contributed by atoms with Gasteiger partial charge in [-0.3, -0.25) is 0 Å². The second-order valence-corrected chi connectivity index (χ2v) is 5.77. The number of nitrogens with zero attached hydrogens (tertiary/aromatic N) is 3. The van der Waals surface area contributed by atoms with Gasteiger partial charge < -0.3 is 14.0 Å². The smallest absolute Gasteiger partial charge is 0.268 e. The highest BCUT2D eigenvalue weighted by molar-refractivity contribution is 5.88. The Labute approximate surface area is 157 Å². The van der Waals surface area contributed by atoms with Crippen molar-refractivity contribution in [3.63, 3.8) is 0 Å². The molecular formula is C21H19N3O3. The summed E-state index contributed by atoms with van der Waals surface area (Å²) in [6.45, 7) is 4.41. The van der Waals surface area contributed by atoms with Gasteiger partial charge in [0.05, 0.1) is 13.7 Å². The lowest BCUT2D eigenvalue weighted by atomic mass is 10.1. The van der Waals surface area contributed by atoms with Gasteiger partial charge in [-0.05, 0) is 26.0 Å². The third-order valence-corrected chi connectivity index (χ3v) is 3.90. The first-order chi connectivity index (χ1) is 13.2. The number of rotatable bonds is 6. The number of benzene rings is 2. The maximum Gasteiger partial charge on any atom is 0.268 e. The molecule has 136 valence electrons. The molecule has 27 heavy (non-hydrogen) atoms. The zero-order chi connectivity index (χ0) is 19.2. The van der Waals surface area contributed by atoms with Crippen molar-refractivity contribution in [2.24, 2.45) is 0 Å². The Morgan fingerprint density at radius 3 is 2.67 bits per heavy atom. The molecule has 0 bridgehead atoms. The van der Waals surface area contributed by atoms with Crippen LogP contribution in [-0.2, 0) is 0 Å². The number of aryl methyl sites for hydroxylation is 1. The van der Waals surface area contributed by atoms with Gasteiger partial charge in [0.2, 0.25) is 5.82 Å². The Kier molecular flexibility index (Phi) is 5.53. The molecule has 0 aliphatic rings. The molecule has 0 saturated carbocycles. The van der Waals surface area contributed by atoms with Crippen LogP contribution in [0.4, 0.5) is 0 Å². The molecule has 3 rings (SSSR count). The van der Waals surface area contributed by atoms with Gasteiger partial charge in [0.1, 0.15) is 11.6 Å². The van der Waals surface area contributed by atoms with Crippen LogP contribution in [0.15, 0.2) is 47.0 Å². The van der Waals surface area contributed by atoms with Crippen LogP contribution < -0.4 is 9.47 Å². The molecule has 6 nitrogen and oxygen atoms in total. The van der Waals surface area contributed by atoms with Crippen molar-refractivity contribution >= 4 is 11.6 Å². The van der Waals surface area contributed by atoms with Gasteiger partial charge in [0.15, 0.2) is 11.5 Å². The van der Waals surface area contributed by atoms with Crippen LogP contribution in [0.1, 0.15) is 23.9 Å². The molecule has 0 amide bonds. The standard InChI is InChI=1S/C21H19N3O3/c1-4-26-18-7-5-6-16(19(18)25-3)12-17(13-22)21-23-20(24-27-21)15-10-8-14(2)9-11-15/h5-12H,4H2,1-3H3/b17-12+. The van der Waals surface area contributed by atoms with Crippen molar-refractivity contribution in [2.75, 3.05) is 13.7 Å². The van der Waals surface area contributed by atoms with E-state index in [2.05, 4.69) is 16.2 Å². The molecule has 6 heteroatoms. The van der Waals surface area contributed by atoms with E-state index < -0.39 is 0 Å². The van der Waals surface area contributed by atoms with Crippen LogP contribution in [0.5, 0.6) is 11.5 Å². The molecular weight excluding hydrogens is 342 g/mol. The predicted octanol–water partition coefficient (Wildman–Crippen LogP) is 4.52. The second kappa shape index (κ2) is 8.19. The number of para-hydroxylation sites is 1. The van der Waals surface area contributed by atoms with Gasteiger partial charge in [0, 0.05) is 11.1 Å². The summed E-state index contributed by atoms with van der Waals surface area (Å²) in [6.07, 6.45) is 1.65. The summed E-state index contributed by atoms with van der Waals surface area (Å²) < 4.78 is 16.3. The molecule has 0 N–H and O–H groups in total. The Bertz CT molecular complexity index is 998. The van der Waals surface area contributed by atoms with Crippen molar-refractivity contribution in [3.05, 3.63) is 59.5 Å². The van der Waals surface area contributed by atoms with E-state index in [1.165, 1.54) is 0 Å². The lowest BCUT2D eigenvalue weighted by Crippen LogP contribution is -1.97. The lowest BCUT2D eigenvalue weighted by molar-refractivity contribution is 0.310. The highest BCUT2D eigenvalue weighted by Gasteiger charge is 2.15. The number of hydrogen-bond donors (Lipinski definition) is 0. The Hall–Kier alpha value is -3.59. The normalized spacial score (nSPS) is 11.1. The average Bonchev–Trinajstić information content (AvgIpc) is 3.17. The van der Waals surface area contributed by atoms with Crippen molar-refractivity contribution in [1.29, 1.82) is 5.26 Å². The van der Waals surface area contributed by atoms with E-state index in [4.69, 9.17) is 14.0 Å². The molecule has 0 fully saturated rings. The molecule has 1 aromatic heterocycles. The maximum atomic E-state index is 9.58.